The monoisotopic (exact) mass is 141 g/mol. The fourth-order valence-corrected chi connectivity index (χ4v) is 0.492. The van der Waals surface area contributed by atoms with E-state index in [1.54, 1.807) is 12.1 Å². The maximum atomic E-state index is 8.31. The highest BCUT2D eigenvalue weighted by Crippen LogP contribution is 1.83. The van der Waals surface area contributed by atoms with Crippen LogP contribution in [0.1, 0.15) is 11.6 Å². The summed E-state index contributed by atoms with van der Waals surface area (Å²) in [5, 5.41) is 16.6. The third-order valence-electron chi connectivity index (χ3n) is 0.853. The van der Waals surface area contributed by atoms with Crippen LogP contribution >= 0.6 is 0 Å². The van der Waals surface area contributed by atoms with Crippen LogP contribution in [0.25, 0.3) is 0 Å². The van der Waals surface area contributed by atoms with Gasteiger partial charge < -0.3 is 0 Å². The Labute approximate surface area is 63.8 Å². The van der Waals surface area contributed by atoms with Crippen LogP contribution < -0.4 is 5.72 Å². The molecule has 0 saturated heterocycles. The Kier molecular flexibility index (Phi) is 1.80. The minimum atomic E-state index is -0.144. The standard InChI is InChI=1S/C5BN5/c6-5-10-3(1-7)9-4(2-8)11-5. The summed E-state index contributed by atoms with van der Waals surface area (Å²) < 4.78 is 0. The average Bonchev–Trinajstić information content (AvgIpc) is 2.03. The van der Waals surface area contributed by atoms with Gasteiger partial charge in [0.15, 0.2) is 7.85 Å². The van der Waals surface area contributed by atoms with Crippen molar-refractivity contribution in [3.63, 3.8) is 0 Å². The molecule has 2 radical (unpaired) electrons. The largest absolute Gasteiger partial charge is 0.235 e. The first kappa shape index (κ1) is 7.17. The molecular formula is C5BN5. The smallest absolute Gasteiger partial charge is 0.216 e. The van der Waals surface area contributed by atoms with E-state index in [1.165, 1.54) is 0 Å². The molecule has 0 saturated carbocycles. The average molecular weight is 141 g/mol. The molecule has 1 aromatic heterocycles. The predicted octanol–water partition coefficient (Wildman–Crippen LogP) is -1.59. The highest BCUT2D eigenvalue weighted by molar-refractivity contribution is 6.28. The van der Waals surface area contributed by atoms with Crippen molar-refractivity contribution in [2.45, 2.75) is 0 Å². The lowest BCUT2D eigenvalue weighted by Gasteiger charge is -1.91. The Morgan fingerprint density at radius 2 is 1.45 bits per heavy atom. The maximum Gasteiger partial charge on any atom is 0.235 e. The SMILES string of the molecule is [B]c1nc(C#N)nc(C#N)n1. The molecule has 0 aromatic carbocycles. The van der Waals surface area contributed by atoms with E-state index in [0.29, 0.717) is 0 Å². The van der Waals surface area contributed by atoms with E-state index in [1.807, 2.05) is 0 Å². The van der Waals surface area contributed by atoms with Crippen LogP contribution in [0, 0.1) is 22.7 Å². The van der Waals surface area contributed by atoms with Crippen LogP contribution in [-0.4, -0.2) is 22.8 Å². The lowest BCUT2D eigenvalue weighted by atomic mass is 10.1. The van der Waals surface area contributed by atoms with Gasteiger partial charge in [-0.15, -0.1) is 0 Å². The van der Waals surface area contributed by atoms with Crippen molar-refractivity contribution in [3.8, 4) is 12.1 Å². The summed E-state index contributed by atoms with van der Waals surface area (Å²) in [6.45, 7) is 0. The predicted molar refractivity (Wildman–Crippen MR) is 34.6 cm³/mol. The van der Waals surface area contributed by atoms with Crippen molar-refractivity contribution in [3.05, 3.63) is 11.6 Å². The number of aromatic nitrogens is 3. The van der Waals surface area contributed by atoms with Gasteiger partial charge in [0.1, 0.15) is 12.1 Å². The van der Waals surface area contributed by atoms with Crippen molar-refractivity contribution >= 4 is 13.6 Å². The van der Waals surface area contributed by atoms with Crippen molar-refractivity contribution in [2.24, 2.45) is 0 Å². The fraction of sp³-hybridized carbons (Fsp3) is 0. The van der Waals surface area contributed by atoms with E-state index in [2.05, 4.69) is 15.0 Å². The molecule has 0 spiro atoms. The molecule has 1 aromatic rings. The quantitative estimate of drug-likeness (QED) is 0.406. The normalized spacial score (nSPS) is 8.18. The summed E-state index contributed by atoms with van der Waals surface area (Å²) in [6, 6.07) is 3.30. The third-order valence-corrected chi connectivity index (χ3v) is 0.853. The van der Waals surface area contributed by atoms with Crippen LogP contribution in [0.5, 0.6) is 0 Å². The van der Waals surface area contributed by atoms with Crippen LogP contribution in [0.3, 0.4) is 0 Å². The zero-order valence-electron chi connectivity index (χ0n) is 5.31. The van der Waals surface area contributed by atoms with Gasteiger partial charge in [-0.1, -0.05) is 0 Å². The molecule has 5 nitrogen and oxygen atoms in total. The van der Waals surface area contributed by atoms with Crippen LogP contribution in [0.4, 0.5) is 0 Å². The van der Waals surface area contributed by atoms with Gasteiger partial charge in [0, 0.05) is 0 Å². The lowest BCUT2D eigenvalue weighted by Crippen LogP contribution is -2.17. The second-order valence-electron chi connectivity index (χ2n) is 1.56. The molecule has 0 amide bonds. The summed E-state index contributed by atoms with van der Waals surface area (Å²) in [5.41, 5.74) is -0.117. The highest BCUT2D eigenvalue weighted by atomic mass is 15.0. The molecule has 0 unspecified atom stereocenters. The molecule has 0 aliphatic rings. The van der Waals surface area contributed by atoms with Gasteiger partial charge in [-0.05, 0) is 0 Å². The first-order valence-corrected chi connectivity index (χ1v) is 2.58. The summed E-state index contributed by atoms with van der Waals surface area (Å²) in [6.07, 6.45) is 0. The number of nitriles is 2. The third kappa shape index (κ3) is 1.49. The van der Waals surface area contributed by atoms with E-state index < -0.39 is 0 Å². The van der Waals surface area contributed by atoms with Gasteiger partial charge in [-0.25, -0.2) is 9.97 Å². The molecule has 0 aliphatic heterocycles. The van der Waals surface area contributed by atoms with E-state index >= 15 is 0 Å². The topological polar surface area (TPSA) is 86.2 Å². The van der Waals surface area contributed by atoms with Gasteiger partial charge in [0.2, 0.25) is 11.6 Å². The van der Waals surface area contributed by atoms with Gasteiger partial charge in [0.25, 0.3) is 0 Å². The highest BCUT2D eigenvalue weighted by Gasteiger charge is 1.99. The number of hydrogen-bond donors (Lipinski definition) is 0. The van der Waals surface area contributed by atoms with E-state index in [9.17, 15) is 0 Å². The Balaban J connectivity index is 3.28. The Hall–Kier alpha value is -1.95. The molecule has 0 fully saturated rings. The second kappa shape index (κ2) is 2.76. The Morgan fingerprint density at radius 1 is 1.00 bits per heavy atom. The molecule has 6 heteroatoms. The summed E-state index contributed by atoms with van der Waals surface area (Å²) >= 11 is 0. The summed E-state index contributed by atoms with van der Waals surface area (Å²) in [4.78, 5) is 10.3. The number of nitrogens with zero attached hydrogens (tertiary/aromatic N) is 5. The van der Waals surface area contributed by atoms with Crippen LogP contribution in [-0.2, 0) is 0 Å². The minimum Gasteiger partial charge on any atom is -0.216 e. The van der Waals surface area contributed by atoms with E-state index in [0.717, 1.165) is 0 Å². The molecular weight excluding hydrogens is 141 g/mol. The molecule has 0 bridgehead atoms. The fourth-order valence-electron chi connectivity index (χ4n) is 0.492. The Bertz CT molecular complexity index is 328. The van der Waals surface area contributed by atoms with Gasteiger partial charge in [-0.3, -0.25) is 0 Å². The molecule has 1 rings (SSSR count). The van der Waals surface area contributed by atoms with Gasteiger partial charge >= 0.3 is 0 Å². The summed E-state index contributed by atoms with van der Waals surface area (Å²) in [5.74, 6) is -0.289. The second-order valence-corrected chi connectivity index (χ2v) is 1.56. The van der Waals surface area contributed by atoms with Crippen molar-refractivity contribution in [1.29, 1.82) is 10.5 Å². The first-order chi connectivity index (χ1) is 5.26. The van der Waals surface area contributed by atoms with Gasteiger partial charge in [-0.2, -0.15) is 15.5 Å². The minimum absolute atomic E-state index is 0.117. The zero-order chi connectivity index (χ0) is 8.27. The molecule has 11 heavy (non-hydrogen) atoms. The molecule has 0 N–H and O–H groups in total. The lowest BCUT2D eigenvalue weighted by molar-refractivity contribution is 1.02. The number of rotatable bonds is 0. The number of hydrogen-bond acceptors (Lipinski definition) is 5. The van der Waals surface area contributed by atoms with E-state index in [4.69, 9.17) is 18.4 Å². The van der Waals surface area contributed by atoms with Crippen molar-refractivity contribution in [2.75, 3.05) is 0 Å². The molecule has 1 heterocycles. The molecule has 0 aliphatic carbocycles. The zero-order valence-corrected chi connectivity index (χ0v) is 5.31. The van der Waals surface area contributed by atoms with Crippen molar-refractivity contribution < 1.29 is 0 Å². The van der Waals surface area contributed by atoms with E-state index in [-0.39, 0.29) is 17.4 Å². The first-order valence-electron chi connectivity index (χ1n) is 2.58. The van der Waals surface area contributed by atoms with Crippen LogP contribution in [0.2, 0.25) is 0 Å². The van der Waals surface area contributed by atoms with Gasteiger partial charge in [0.05, 0.1) is 5.72 Å². The maximum absolute atomic E-state index is 8.31. The van der Waals surface area contributed by atoms with Crippen molar-refractivity contribution in [1.82, 2.24) is 15.0 Å². The molecule has 48 valence electrons. The molecule has 0 atom stereocenters. The van der Waals surface area contributed by atoms with Crippen LogP contribution in [0.15, 0.2) is 0 Å². The Morgan fingerprint density at radius 3 is 1.82 bits per heavy atom. The summed E-state index contributed by atoms with van der Waals surface area (Å²) in [7, 11) is 5.15.